The highest BCUT2D eigenvalue weighted by atomic mass is 16.5. The largest absolute Gasteiger partial charge is 0.497 e. The molecule has 0 bridgehead atoms. The number of pyridine rings is 1. The molecule has 5 heteroatoms. The van der Waals surface area contributed by atoms with Crippen LogP contribution in [0.5, 0.6) is 5.75 Å². The van der Waals surface area contributed by atoms with Gasteiger partial charge in [0.2, 0.25) is 0 Å². The van der Waals surface area contributed by atoms with Crippen molar-refractivity contribution in [2.45, 2.75) is 0 Å². The van der Waals surface area contributed by atoms with Crippen LogP contribution in [-0.2, 0) is 0 Å². The minimum atomic E-state index is 0.540. The molecule has 0 aliphatic rings. The first kappa shape index (κ1) is 19.8. The van der Waals surface area contributed by atoms with Gasteiger partial charge < -0.3 is 14.7 Å². The molecule has 3 aromatic heterocycles. The van der Waals surface area contributed by atoms with Crippen molar-refractivity contribution >= 4 is 21.8 Å². The molecular formula is C29H20N4O. The number of nitrogens with zero attached hydrogens (tertiary/aromatic N) is 2. The Bertz CT molecular complexity index is 1700. The summed E-state index contributed by atoms with van der Waals surface area (Å²) in [6.07, 6.45) is 3.92. The molecule has 6 rings (SSSR count). The summed E-state index contributed by atoms with van der Waals surface area (Å²) >= 11 is 0. The van der Waals surface area contributed by atoms with Crippen molar-refractivity contribution < 1.29 is 4.74 Å². The summed E-state index contributed by atoms with van der Waals surface area (Å²) in [5, 5.41) is 12.4. The van der Waals surface area contributed by atoms with Gasteiger partial charge in [-0.15, -0.1) is 0 Å². The van der Waals surface area contributed by atoms with E-state index in [1.807, 2.05) is 79.1 Å². The highest BCUT2D eigenvalue weighted by molar-refractivity contribution is 6.00. The number of aromatic amines is 2. The molecule has 0 atom stereocenters. The van der Waals surface area contributed by atoms with Gasteiger partial charge in [-0.25, -0.2) is 4.98 Å². The third-order valence-electron chi connectivity index (χ3n) is 6.24. The van der Waals surface area contributed by atoms with Gasteiger partial charge in [0.15, 0.2) is 0 Å². The van der Waals surface area contributed by atoms with Crippen molar-refractivity contribution in [2.24, 2.45) is 0 Å². The van der Waals surface area contributed by atoms with Crippen LogP contribution in [0, 0.1) is 11.3 Å². The van der Waals surface area contributed by atoms with Gasteiger partial charge in [-0.2, -0.15) is 5.26 Å². The molecule has 0 saturated heterocycles. The fourth-order valence-electron chi connectivity index (χ4n) is 4.54. The van der Waals surface area contributed by atoms with Gasteiger partial charge in [0.1, 0.15) is 11.8 Å². The molecule has 6 aromatic rings. The first-order chi connectivity index (χ1) is 16.8. The molecule has 0 aliphatic heterocycles. The second-order valence-corrected chi connectivity index (χ2v) is 8.11. The molecule has 2 N–H and O–H groups in total. The summed E-state index contributed by atoms with van der Waals surface area (Å²) in [4.78, 5) is 11.7. The highest BCUT2D eigenvalue weighted by Crippen LogP contribution is 2.39. The van der Waals surface area contributed by atoms with Crippen LogP contribution >= 0.6 is 0 Å². The Balaban J connectivity index is 1.67. The van der Waals surface area contributed by atoms with Gasteiger partial charge in [0.25, 0.3) is 0 Å². The normalized spacial score (nSPS) is 11.1. The van der Waals surface area contributed by atoms with Gasteiger partial charge in [-0.1, -0.05) is 48.5 Å². The van der Waals surface area contributed by atoms with Gasteiger partial charge in [0, 0.05) is 50.9 Å². The van der Waals surface area contributed by atoms with E-state index in [1.165, 1.54) is 0 Å². The quantitative estimate of drug-likeness (QED) is 0.312. The number of fused-ring (bicyclic) bond motifs is 2. The Labute approximate surface area is 196 Å². The van der Waals surface area contributed by atoms with E-state index >= 15 is 0 Å². The minimum Gasteiger partial charge on any atom is -0.497 e. The number of methoxy groups -OCH3 is 1. The summed E-state index contributed by atoms with van der Waals surface area (Å²) in [5.41, 5.74) is 7.73. The smallest absolute Gasteiger partial charge is 0.118 e. The van der Waals surface area contributed by atoms with Crippen molar-refractivity contribution in [3.63, 3.8) is 0 Å². The third kappa shape index (κ3) is 3.13. The molecule has 3 aromatic carbocycles. The number of hydrogen-bond acceptors (Lipinski definition) is 3. The standard InChI is InChI=1S/C29H20N4O/c1-34-19-12-10-18(11-13-19)22-14-28(24-16-31-26-8-4-2-6-20(24)26)33-29(23(22)15-30)25-17-32-27-9-5-3-7-21(25)27/h2-14,16-17,31-32H,1H3. The van der Waals surface area contributed by atoms with Crippen molar-refractivity contribution in [1.29, 1.82) is 5.26 Å². The Hall–Kier alpha value is -4.82. The van der Waals surface area contributed by atoms with Crippen LogP contribution in [0.15, 0.2) is 91.3 Å². The molecule has 34 heavy (non-hydrogen) atoms. The second-order valence-electron chi connectivity index (χ2n) is 8.11. The third-order valence-corrected chi connectivity index (χ3v) is 6.24. The average molecular weight is 441 g/mol. The molecule has 3 heterocycles. The molecule has 0 saturated carbocycles. The summed E-state index contributed by atoms with van der Waals surface area (Å²) in [7, 11) is 1.65. The summed E-state index contributed by atoms with van der Waals surface area (Å²) in [6.45, 7) is 0. The first-order valence-corrected chi connectivity index (χ1v) is 11.0. The zero-order chi connectivity index (χ0) is 23.1. The predicted molar refractivity (Wildman–Crippen MR) is 136 cm³/mol. The molecule has 162 valence electrons. The van der Waals surface area contributed by atoms with Crippen LogP contribution in [0.4, 0.5) is 0 Å². The zero-order valence-corrected chi connectivity index (χ0v) is 18.5. The van der Waals surface area contributed by atoms with E-state index in [2.05, 4.69) is 28.2 Å². The maximum absolute atomic E-state index is 10.3. The van der Waals surface area contributed by atoms with Crippen LogP contribution in [-0.4, -0.2) is 22.1 Å². The lowest BCUT2D eigenvalue weighted by molar-refractivity contribution is 0.415. The average Bonchev–Trinajstić information content (AvgIpc) is 3.52. The Kier molecular flexibility index (Phi) is 4.64. The molecule has 0 radical (unpaired) electrons. The lowest BCUT2D eigenvalue weighted by Gasteiger charge is -2.13. The van der Waals surface area contributed by atoms with Gasteiger partial charge in [-0.05, 0) is 35.9 Å². The van der Waals surface area contributed by atoms with E-state index < -0.39 is 0 Å². The fourth-order valence-corrected chi connectivity index (χ4v) is 4.54. The van der Waals surface area contributed by atoms with Crippen LogP contribution < -0.4 is 4.74 Å². The second kappa shape index (κ2) is 7.95. The number of nitriles is 1. The van der Waals surface area contributed by atoms with E-state index in [-0.39, 0.29) is 0 Å². The van der Waals surface area contributed by atoms with E-state index in [0.29, 0.717) is 11.3 Å². The molecule has 0 amide bonds. The molecule has 5 nitrogen and oxygen atoms in total. The maximum Gasteiger partial charge on any atom is 0.118 e. The van der Waals surface area contributed by atoms with E-state index in [4.69, 9.17) is 9.72 Å². The molecule has 0 spiro atoms. The Morgan fingerprint density at radius 1 is 0.765 bits per heavy atom. The van der Waals surface area contributed by atoms with Crippen molar-refractivity contribution in [3.05, 3.63) is 96.8 Å². The lowest BCUT2D eigenvalue weighted by atomic mass is 9.94. The number of para-hydroxylation sites is 2. The molecule has 0 fully saturated rings. The fraction of sp³-hybridized carbons (Fsp3) is 0.0345. The SMILES string of the molecule is COc1ccc(-c2cc(-c3c[nH]c4ccccc34)nc(-c3c[nH]c4ccccc34)c2C#N)cc1. The number of nitrogens with one attached hydrogen (secondary N) is 2. The molecular weight excluding hydrogens is 420 g/mol. The van der Waals surface area contributed by atoms with Gasteiger partial charge in [0.05, 0.1) is 24.1 Å². The zero-order valence-electron chi connectivity index (χ0n) is 18.5. The number of aromatic nitrogens is 3. The number of ether oxygens (including phenoxy) is 1. The van der Waals surface area contributed by atoms with E-state index in [1.54, 1.807) is 7.11 Å². The lowest BCUT2D eigenvalue weighted by Crippen LogP contribution is -1.96. The van der Waals surface area contributed by atoms with E-state index in [9.17, 15) is 5.26 Å². The topological polar surface area (TPSA) is 77.5 Å². The first-order valence-electron chi connectivity index (χ1n) is 11.0. The minimum absolute atomic E-state index is 0.540. The van der Waals surface area contributed by atoms with Crippen LogP contribution in [0.2, 0.25) is 0 Å². The number of hydrogen-bond donors (Lipinski definition) is 2. The highest BCUT2D eigenvalue weighted by Gasteiger charge is 2.20. The summed E-state index contributed by atoms with van der Waals surface area (Å²) in [6, 6.07) is 28.5. The summed E-state index contributed by atoms with van der Waals surface area (Å²) < 4.78 is 5.34. The van der Waals surface area contributed by atoms with Crippen LogP contribution in [0.25, 0.3) is 55.4 Å². The van der Waals surface area contributed by atoms with Crippen molar-refractivity contribution in [3.8, 4) is 45.5 Å². The van der Waals surface area contributed by atoms with Crippen LogP contribution in [0.3, 0.4) is 0 Å². The monoisotopic (exact) mass is 440 g/mol. The summed E-state index contributed by atoms with van der Waals surface area (Å²) in [5.74, 6) is 0.769. The number of H-pyrrole nitrogens is 2. The number of benzene rings is 3. The number of rotatable bonds is 4. The van der Waals surface area contributed by atoms with Crippen LogP contribution in [0.1, 0.15) is 5.56 Å². The maximum atomic E-state index is 10.3. The van der Waals surface area contributed by atoms with Gasteiger partial charge in [-0.3, -0.25) is 0 Å². The Morgan fingerprint density at radius 2 is 1.38 bits per heavy atom. The van der Waals surface area contributed by atoms with Gasteiger partial charge >= 0.3 is 0 Å². The molecule has 0 unspecified atom stereocenters. The van der Waals surface area contributed by atoms with Crippen molar-refractivity contribution in [1.82, 2.24) is 15.0 Å². The Morgan fingerprint density at radius 3 is 2.03 bits per heavy atom. The predicted octanol–water partition coefficient (Wildman–Crippen LogP) is 6.93. The molecule has 0 aliphatic carbocycles. The van der Waals surface area contributed by atoms with E-state index in [0.717, 1.165) is 55.5 Å². The van der Waals surface area contributed by atoms with Crippen molar-refractivity contribution in [2.75, 3.05) is 7.11 Å².